The minimum Gasteiger partial charge on any atom is -0.378 e. The Morgan fingerprint density at radius 3 is 2.33 bits per heavy atom. The molecule has 0 atom stereocenters. The van der Waals surface area contributed by atoms with E-state index in [9.17, 15) is 9.59 Å². The van der Waals surface area contributed by atoms with Crippen LogP contribution in [0, 0.1) is 5.92 Å². The quantitative estimate of drug-likeness (QED) is 0.884. The van der Waals surface area contributed by atoms with Crippen molar-refractivity contribution in [1.29, 1.82) is 0 Å². The van der Waals surface area contributed by atoms with Crippen LogP contribution in [0.5, 0.6) is 0 Å². The highest BCUT2D eigenvalue weighted by molar-refractivity contribution is 6.02. The van der Waals surface area contributed by atoms with Crippen LogP contribution in [0.15, 0.2) is 18.2 Å². The molecule has 0 aromatic heterocycles. The third-order valence-corrected chi connectivity index (χ3v) is 5.69. The van der Waals surface area contributed by atoms with E-state index in [0.717, 1.165) is 55.7 Å². The fourth-order valence-corrected chi connectivity index (χ4v) is 3.89. The van der Waals surface area contributed by atoms with Crippen LogP contribution in [-0.4, -0.2) is 56.1 Å². The molecular weight excluding hydrogens is 342 g/mol. The number of carbonyl (C=O) groups is 2. The van der Waals surface area contributed by atoms with Crippen LogP contribution in [0.1, 0.15) is 48.9 Å². The molecule has 1 N–H and O–H groups in total. The fraction of sp³-hybridized carbons (Fsp3) is 0.619. The van der Waals surface area contributed by atoms with Gasteiger partial charge in [0.25, 0.3) is 5.91 Å². The van der Waals surface area contributed by atoms with Gasteiger partial charge < -0.3 is 19.9 Å². The highest BCUT2D eigenvalue weighted by atomic mass is 16.5. The van der Waals surface area contributed by atoms with Crippen LogP contribution in [-0.2, 0) is 9.53 Å². The van der Waals surface area contributed by atoms with Gasteiger partial charge in [0.1, 0.15) is 0 Å². The second-order valence-corrected chi connectivity index (χ2v) is 7.80. The van der Waals surface area contributed by atoms with Gasteiger partial charge in [0, 0.05) is 37.8 Å². The average Bonchev–Trinajstić information content (AvgIpc) is 3.55. The number of nitrogens with zero attached hydrogens (tertiary/aromatic N) is 2. The van der Waals surface area contributed by atoms with Crippen molar-refractivity contribution in [3.8, 4) is 0 Å². The van der Waals surface area contributed by atoms with Crippen LogP contribution in [0.25, 0.3) is 0 Å². The number of hydrogen-bond acceptors (Lipinski definition) is 4. The molecule has 0 spiro atoms. The van der Waals surface area contributed by atoms with Crippen molar-refractivity contribution in [2.75, 3.05) is 49.6 Å². The van der Waals surface area contributed by atoms with E-state index in [0.29, 0.717) is 26.3 Å². The van der Waals surface area contributed by atoms with Gasteiger partial charge in [-0.3, -0.25) is 9.59 Å². The summed E-state index contributed by atoms with van der Waals surface area (Å²) in [7, 11) is 0. The normalized spacial score (nSPS) is 20.9. The number of nitrogens with one attached hydrogen (secondary N) is 1. The molecule has 2 saturated heterocycles. The van der Waals surface area contributed by atoms with Crippen molar-refractivity contribution in [2.45, 2.75) is 38.5 Å². The number of amides is 2. The molecule has 2 heterocycles. The standard InChI is InChI=1S/C21H29N3O3/c25-20(16-5-6-16)22-17-7-8-18(21(26)24-11-13-27-14-12-24)19(15-17)23-9-3-1-2-4-10-23/h7-8,15-16H,1-6,9-14H2,(H,22,25). The summed E-state index contributed by atoms with van der Waals surface area (Å²) >= 11 is 0. The van der Waals surface area contributed by atoms with Gasteiger partial charge in [0.05, 0.1) is 24.5 Å². The first kappa shape index (κ1) is 18.3. The van der Waals surface area contributed by atoms with Crippen molar-refractivity contribution >= 4 is 23.2 Å². The zero-order valence-electron chi connectivity index (χ0n) is 15.9. The van der Waals surface area contributed by atoms with Gasteiger partial charge in [-0.05, 0) is 43.9 Å². The molecule has 4 rings (SSSR count). The first-order chi connectivity index (χ1) is 13.2. The Bertz CT molecular complexity index is 688. The minimum atomic E-state index is 0.0672. The molecule has 2 amide bonds. The molecule has 1 aliphatic carbocycles. The number of rotatable bonds is 4. The maximum absolute atomic E-state index is 13.2. The van der Waals surface area contributed by atoms with Crippen molar-refractivity contribution in [3.63, 3.8) is 0 Å². The molecule has 0 unspecified atom stereocenters. The first-order valence-corrected chi connectivity index (χ1v) is 10.3. The van der Waals surface area contributed by atoms with Gasteiger partial charge in [-0.1, -0.05) is 12.8 Å². The van der Waals surface area contributed by atoms with E-state index < -0.39 is 0 Å². The highest BCUT2D eigenvalue weighted by Crippen LogP contribution is 2.32. The minimum absolute atomic E-state index is 0.0672. The molecule has 0 radical (unpaired) electrons. The number of ether oxygens (including phenoxy) is 1. The van der Waals surface area contributed by atoms with E-state index in [-0.39, 0.29) is 17.7 Å². The van der Waals surface area contributed by atoms with E-state index in [1.165, 1.54) is 12.8 Å². The maximum Gasteiger partial charge on any atom is 0.256 e. The second-order valence-electron chi connectivity index (χ2n) is 7.80. The smallest absolute Gasteiger partial charge is 0.256 e. The predicted octanol–water partition coefficient (Wildman–Crippen LogP) is 2.89. The van der Waals surface area contributed by atoms with E-state index in [1.807, 2.05) is 23.1 Å². The van der Waals surface area contributed by atoms with Crippen LogP contribution in [0.3, 0.4) is 0 Å². The summed E-state index contributed by atoms with van der Waals surface area (Å²) in [5.74, 6) is 0.336. The summed E-state index contributed by atoms with van der Waals surface area (Å²) in [6, 6.07) is 5.76. The molecular formula is C21H29N3O3. The third-order valence-electron chi connectivity index (χ3n) is 5.69. The molecule has 0 bridgehead atoms. The summed E-state index contributed by atoms with van der Waals surface area (Å²) in [5, 5.41) is 3.03. The summed E-state index contributed by atoms with van der Waals surface area (Å²) in [4.78, 5) is 29.5. The topological polar surface area (TPSA) is 61.9 Å². The number of anilines is 2. The van der Waals surface area contributed by atoms with Crippen LogP contribution < -0.4 is 10.2 Å². The Balaban J connectivity index is 1.61. The fourth-order valence-electron chi connectivity index (χ4n) is 3.89. The summed E-state index contributed by atoms with van der Waals surface area (Å²) in [5.41, 5.74) is 2.50. The molecule has 6 nitrogen and oxygen atoms in total. The molecule has 3 fully saturated rings. The van der Waals surface area contributed by atoms with Crippen molar-refractivity contribution in [3.05, 3.63) is 23.8 Å². The van der Waals surface area contributed by atoms with Crippen molar-refractivity contribution in [1.82, 2.24) is 4.90 Å². The van der Waals surface area contributed by atoms with E-state index >= 15 is 0 Å². The molecule has 1 saturated carbocycles. The summed E-state index contributed by atoms with van der Waals surface area (Å²) in [6.45, 7) is 4.39. The predicted molar refractivity (Wildman–Crippen MR) is 105 cm³/mol. The van der Waals surface area contributed by atoms with Crippen LogP contribution in [0.4, 0.5) is 11.4 Å². The molecule has 1 aromatic carbocycles. The lowest BCUT2D eigenvalue weighted by atomic mass is 10.1. The zero-order valence-corrected chi connectivity index (χ0v) is 15.9. The van der Waals surface area contributed by atoms with Gasteiger partial charge >= 0.3 is 0 Å². The van der Waals surface area contributed by atoms with Gasteiger partial charge in [-0.15, -0.1) is 0 Å². The van der Waals surface area contributed by atoms with Crippen molar-refractivity contribution < 1.29 is 14.3 Å². The van der Waals surface area contributed by atoms with Crippen LogP contribution in [0.2, 0.25) is 0 Å². The van der Waals surface area contributed by atoms with Crippen LogP contribution >= 0.6 is 0 Å². The number of hydrogen-bond donors (Lipinski definition) is 1. The van der Waals surface area contributed by atoms with Gasteiger partial charge in [-0.25, -0.2) is 0 Å². The van der Waals surface area contributed by atoms with E-state index in [1.54, 1.807) is 0 Å². The molecule has 6 heteroatoms. The molecule has 2 aliphatic heterocycles. The highest BCUT2D eigenvalue weighted by Gasteiger charge is 2.30. The van der Waals surface area contributed by atoms with E-state index in [4.69, 9.17) is 4.74 Å². The Hall–Kier alpha value is -2.08. The Kier molecular flexibility index (Phi) is 5.62. The van der Waals surface area contributed by atoms with Gasteiger partial charge in [-0.2, -0.15) is 0 Å². The van der Waals surface area contributed by atoms with Crippen molar-refractivity contribution in [2.24, 2.45) is 5.92 Å². The monoisotopic (exact) mass is 371 g/mol. The summed E-state index contributed by atoms with van der Waals surface area (Å²) < 4.78 is 5.39. The third kappa shape index (κ3) is 4.43. The second kappa shape index (κ2) is 8.30. The van der Waals surface area contributed by atoms with Gasteiger partial charge in [0.15, 0.2) is 0 Å². The lowest BCUT2D eigenvalue weighted by Crippen LogP contribution is -2.41. The number of morpholine rings is 1. The zero-order chi connectivity index (χ0) is 18.6. The molecule has 146 valence electrons. The largest absolute Gasteiger partial charge is 0.378 e. The Labute approximate surface area is 160 Å². The lowest BCUT2D eigenvalue weighted by Gasteiger charge is -2.30. The Morgan fingerprint density at radius 2 is 1.67 bits per heavy atom. The summed E-state index contributed by atoms with van der Waals surface area (Å²) in [6.07, 6.45) is 6.73. The SMILES string of the molecule is O=C(Nc1ccc(C(=O)N2CCOCC2)c(N2CCCCCC2)c1)C1CC1. The molecule has 27 heavy (non-hydrogen) atoms. The number of benzene rings is 1. The van der Waals surface area contributed by atoms with E-state index in [2.05, 4.69) is 10.2 Å². The average molecular weight is 371 g/mol. The maximum atomic E-state index is 13.2. The molecule has 1 aromatic rings. The van der Waals surface area contributed by atoms with Gasteiger partial charge in [0.2, 0.25) is 5.91 Å². The Morgan fingerprint density at radius 1 is 0.963 bits per heavy atom. The lowest BCUT2D eigenvalue weighted by molar-refractivity contribution is -0.117. The molecule has 3 aliphatic rings. The number of carbonyl (C=O) groups excluding carboxylic acids is 2. The first-order valence-electron chi connectivity index (χ1n) is 10.3.